The molecule has 234 valence electrons. The van der Waals surface area contributed by atoms with Gasteiger partial charge in [-0.1, -0.05) is 140 Å². The topological polar surface area (TPSA) is 48.5 Å². The lowest BCUT2D eigenvalue weighted by Gasteiger charge is -2.14. The van der Waals surface area contributed by atoms with Crippen LogP contribution in [0.4, 0.5) is 0 Å². The molecule has 10 aromatic rings. The smallest absolute Gasteiger partial charge is 0.164 e. The standard InChI is InChI=1S/C45H29N5/c1-4-15-30(16-5-1)43-46-44(31-17-6-2-7-18-31)48-45(47-43)32-19-14-22-34(29-32)50-40-26-13-11-24-36(40)38-28-27-37-35-23-10-12-25-39(35)49(41(37)42(38)50)33-20-8-3-9-21-33/h1-29H. The van der Waals surface area contributed by atoms with Gasteiger partial charge in [0.2, 0.25) is 0 Å². The van der Waals surface area contributed by atoms with Crippen molar-refractivity contribution < 1.29 is 0 Å². The van der Waals surface area contributed by atoms with Crippen LogP contribution in [0.25, 0.3) is 89.2 Å². The summed E-state index contributed by atoms with van der Waals surface area (Å²) in [7, 11) is 0. The fourth-order valence-electron chi connectivity index (χ4n) is 7.34. The molecule has 5 heteroatoms. The Hall–Kier alpha value is -6.85. The highest BCUT2D eigenvalue weighted by molar-refractivity contribution is 6.23. The minimum absolute atomic E-state index is 0.629. The summed E-state index contributed by atoms with van der Waals surface area (Å²) in [6, 6.07) is 61.4. The average Bonchev–Trinajstić information content (AvgIpc) is 3.72. The Morgan fingerprint density at radius 3 is 1.24 bits per heavy atom. The van der Waals surface area contributed by atoms with Crippen LogP contribution in [0.3, 0.4) is 0 Å². The summed E-state index contributed by atoms with van der Waals surface area (Å²) in [5.74, 6) is 1.92. The van der Waals surface area contributed by atoms with Crippen molar-refractivity contribution >= 4 is 43.6 Å². The molecule has 50 heavy (non-hydrogen) atoms. The number of hydrogen-bond acceptors (Lipinski definition) is 3. The van der Waals surface area contributed by atoms with Gasteiger partial charge in [-0.3, -0.25) is 0 Å². The molecule has 0 radical (unpaired) electrons. The summed E-state index contributed by atoms with van der Waals surface area (Å²) in [6.07, 6.45) is 0. The van der Waals surface area contributed by atoms with Gasteiger partial charge in [-0.05, 0) is 36.4 Å². The minimum atomic E-state index is 0.629. The van der Waals surface area contributed by atoms with E-state index >= 15 is 0 Å². The molecule has 0 unspecified atom stereocenters. The largest absolute Gasteiger partial charge is 0.307 e. The first-order valence-corrected chi connectivity index (χ1v) is 16.8. The van der Waals surface area contributed by atoms with Crippen molar-refractivity contribution in [3.05, 3.63) is 176 Å². The molecule has 0 aliphatic rings. The molecular formula is C45H29N5. The third-order valence-electron chi connectivity index (χ3n) is 9.55. The van der Waals surface area contributed by atoms with Crippen LogP contribution in [0.5, 0.6) is 0 Å². The first-order valence-electron chi connectivity index (χ1n) is 16.8. The van der Waals surface area contributed by atoms with Gasteiger partial charge in [0.15, 0.2) is 17.5 Å². The van der Waals surface area contributed by atoms with E-state index in [-0.39, 0.29) is 0 Å². The van der Waals surface area contributed by atoms with Crippen LogP contribution in [0.2, 0.25) is 0 Å². The third-order valence-corrected chi connectivity index (χ3v) is 9.55. The molecule has 5 nitrogen and oxygen atoms in total. The van der Waals surface area contributed by atoms with Crippen LogP contribution in [0.1, 0.15) is 0 Å². The van der Waals surface area contributed by atoms with E-state index in [0.29, 0.717) is 17.5 Å². The van der Waals surface area contributed by atoms with Crippen LogP contribution >= 0.6 is 0 Å². The zero-order valence-electron chi connectivity index (χ0n) is 27.0. The van der Waals surface area contributed by atoms with E-state index in [1.807, 2.05) is 60.7 Å². The molecule has 0 aliphatic carbocycles. The molecule has 0 amide bonds. The molecular weight excluding hydrogens is 611 g/mol. The molecule has 3 aromatic heterocycles. The molecule has 3 heterocycles. The van der Waals surface area contributed by atoms with Gasteiger partial charge >= 0.3 is 0 Å². The Morgan fingerprint density at radius 2 is 0.700 bits per heavy atom. The second-order valence-electron chi connectivity index (χ2n) is 12.5. The summed E-state index contributed by atoms with van der Waals surface area (Å²) in [6.45, 7) is 0. The number of nitrogens with zero attached hydrogens (tertiary/aromatic N) is 5. The lowest BCUT2D eigenvalue weighted by molar-refractivity contribution is 1.07. The second kappa shape index (κ2) is 11.4. The molecule has 0 N–H and O–H groups in total. The van der Waals surface area contributed by atoms with Crippen molar-refractivity contribution in [2.75, 3.05) is 0 Å². The van der Waals surface area contributed by atoms with Crippen LogP contribution < -0.4 is 0 Å². The lowest BCUT2D eigenvalue weighted by atomic mass is 10.1. The summed E-state index contributed by atoms with van der Waals surface area (Å²) in [5.41, 5.74) is 9.63. The van der Waals surface area contributed by atoms with Gasteiger partial charge in [-0.25, -0.2) is 15.0 Å². The maximum absolute atomic E-state index is 5.04. The molecule has 7 aromatic carbocycles. The summed E-state index contributed by atoms with van der Waals surface area (Å²) in [5, 5.41) is 4.86. The maximum atomic E-state index is 5.04. The Labute approximate surface area is 288 Å². The Bertz CT molecular complexity index is 2800. The second-order valence-corrected chi connectivity index (χ2v) is 12.5. The molecule has 0 spiro atoms. The van der Waals surface area contributed by atoms with E-state index in [1.165, 1.54) is 32.6 Å². The summed E-state index contributed by atoms with van der Waals surface area (Å²) < 4.78 is 4.82. The predicted molar refractivity (Wildman–Crippen MR) is 205 cm³/mol. The highest BCUT2D eigenvalue weighted by Gasteiger charge is 2.21. The predicted octanol–water partition coefficient (Wildman–Crippen LogP) is 11.1. The number of hydrogen-bond donors (Lipinski definition) is 0. The fourth-order valence-corrected chi connectivity index (χ4v) is 7.34. The number of fused-ring (bicyclic) bond motifs is 7. The number of rotatable bonds is 5. The summed E-state index contributed by atoms with van der Waals surface area (Å²) in [4.78, 5) is 15.0. The fraction of sp³-hybridized carbons (Fsp3) is 0. The average molecular weight is 640 g/mol. The highest BCUT2D eigenvalue weighted by Crippen LogP contribution is 2.42. The van der Waals surface area contributed by atoms with Crippen molar-refractivity contribution in [2.24, 2.45) is 0 Å². The van der Waals surface area contributed by atoms with Crippen LogP contribution in [-0.4, -0.2) is 24.1 Å². The molecule has 0 aliphatic heterocycles. The molecule has 0 saturated carbocycles. The van der Waals surface area contributed by atoms with Gasteiger partial charge in [0, 0.05) is 49.6 Å². The van der Waals surface area contributed by atoms with E-state index in [9.17, 15) is 0 Å². The SMILES string of the molecule is c1ccc(-c2nc(-c3ccccc3)nc(-c3cccc(-n4c5ccccc5c5ccc6c7ccccc7n(-c7ccccc7)c6c54)c3)n2)cc1. The van der Waals surface area contributed by atoms with Gasteiger partial charge in [0.25, 0.3) is 0 Å². The van der Waals surface area contributed by atoms with Gasteiger partial charge in [-0.2, -0.15) is 0 Å². The first-order chi connectivity index (χ1) is 24.8. The number of benzene rings is 7. The normalized spacial score (nSPS) is 11.6. The summed E-state index contributed by atoms with van der Waals surface area (Å²) >= 11 is 0. The van der Waals surface area contributed by atoms with Crippen LogP contribution in [0.15, 0.2) is 176 Å². The van der Waals surface area contributed by atoms with E-state index < -0.39 is 0 Å². The van der Waals surface area contributed by atoms with Crippen molar-refractivity contribution in [1.82, 2.24) is 24.1 Å². The van der Waals surface area contributed by atoms with Gasteiger partial charge in [0.05, 0.1) is 22.1 Å². The van der Waals surface area contributed by atoms with E-state index in [2.05, 4.69) is 124 Å². The van der Waals surface area contributed by atoms with Crippen molar-refractivity contribution in [2.45, 2.75) is 0 Å². The van der Waals surface area contributed by atoms with Crippen molar-refractivity contribution in [1.29, 1.82) is 0 Å². The monoisotopic (exact) mass is 639 g/mol. The van der Waals surface area contributed by atoms with E-state index in [1.54, 1.807) is 0 Å². The zero-order chi connectivity index (χ0) is 33.0. The molecule has 0 atom stereocenters. The van der Waals surface area contributed by atoms with Crippen LogP contribution in [-0.2, 0) is 0 Å². The van der Waals surface area contributed by atoms with Crippen molar-refractivity contribution in [3.8, 4) is 45.5 Å². The van der Waals surface area contributed by atoms with Crippen LogP contribution in [0, 0.1) is 0 Å². The van der Waals surface area contributed by atoms with Gasteiger partial charge in [-0.15, -0.1) is 0 Å². The Balaban J connectivity index is 1.27. The lowest BCUT2D eigenvalue weighted by Crippen LogP contribution is -2.01. The van der Waals surface area contributed by atoms with Gasteiger partial charge < -0.3 is 9.13 Å². The Kier molecular flexibility index (Phi) is 6.42. The quantitative estimate of drug-likeness (QED) is 0.188. The first kappa shape index (κ1) is 28.2. The Morgan fingerprint density at radius 1 is 0.300 bits per heavy atom. The van der Waals surface area contributed by atoms with Crippen molar-refractivity contribution in [3.63, 3.8) is 0 Å². The third kappa shape index (κ3) is 4.45. The van der Waals surface area contributed by atoms with E-state index in [0.717, 1.165) is 39.1 Å². The number of aromatic nitrogens is 5. The minimum Gasteiger partial charge on any atom is -0.307 e. The molecule has 0 bridgehead atoms. The molecule has 0 saturated heterocycles. The zero-order valence-corrected chi connectivity index (χ0v) is 27.0. The molecule has 10 rings (SSSR count). The van der Waals surface area contributed by atoms with Gasteiger partial charge in [0.1, 0.15) is 0 Å². The molecule has 0 fully saturated rings. The van der Waals surface area contributed by atoms with E-state index in [4.69, 9.17) is 15.0 Å². The highest BCUT2D eigenvalue weighted by atomic mass is 15.1. The maximum Gasteiger partial charge on any atom is 0.164 e. The number of para-hydroxylation sites is 3.